The van der Waals surface area contributed by atoms with Crippen molar-refractivity contribution in [3.63, 3.8) is 0 Å². The minimum absolute atomic E-state index is 0.00310. The predicted octanol–water partition coefficient (Wildman–Crippen LogP) is 1.69. The number of sulfonamides is 1. The zero-order valence-electron chi connectivity index (χ0n) is 14.2. The lowest BCUT2D eigenvalue weighted by Crippen LogP contribution is -2.50. The molecule has 2 heterocycles. The van der Waals surface area contributed by atoms with E-state index in [1.54, 1.807) is 17.3 Å². The zero-order chi connectivity index (χ0) is 18.6. The van der Waals surface area contributed by atoms with Gasteiger partial charge in [0.25, 0.3) is 0 Å². The van der Waals surface area contributed by atoms with Crippen LogP contribution in [0.1, 0.15) is 12.0 Å². The van der Waals surface area contributed by atoms with Gasteiger partial charge in [0.15, 0.2) is 0 Å². The molecule has 0 unspecified atom stereocenters. The first kappa shape index (κ1) is 18.5. The second-order valence-corrected chi connectivity index (χ2v) is 8.04. The second-order valence-electron chi connectivity index (χ2n) is 6.10. The van der Waals surface area contributed by atoms with Crippen LogP contribution in [-0.2, 0) is 21.2 Å². The maximum Gasteiger partial charge on any atom is 0.243 e. The Kier molecular flexibility index (Phi) is 5.63. The number of aromatic nitrogens is 1. The van der Waals surface area contributed by atoms with Gasteiger partial charge in [-0.05, 0) is 36.2 Å². The van der Waals surface area contributed by atoms with E-state index in [1.807, 2.05) is 12.1 Å². The van der Waals surface area contributed by atoms with Gasteiger partial charge in [0, 0.05) is 45.0 Å². The standard InChI is InChI=1S/C18H20FN3O3S/c19-16-4-1-5-17(13-16)26(24,25)22-11-9-21(10-12-22)18(23)7-6-15-3-2-8-20-14-15/h1-5,8,13-14H,6-7,9-12H2. The highest BCUT2D eigenvalue weighted by Gasteiger charge is 2.30. The fraction of sp³-hybridized carbons (Fsp3) is 0.333. The van der Waals surface area contributed by atoms with E-state index in [1.165, 1.54) is 22.5 Å². The van der Waals surface area contributed by atoms with Crippen molar-refractivity contribution in [1.82, 2.24) is 14.2 Å². The summed E-state index contributed by atoms with van der Waals surface area (Å²) >= 11 is 0. The summed E-state index contributed by atoms with van der Waals surface area (Å²) in [5.74, 6) is -0.591. The summed E-state index contributed by atoms with van der Waals surface area (Å²) in [7, 11) is -3.74. The highest BCUT2D eigenvalue weighted by Crippen LogP contribution is 2.19. The molecule has 26 heavy (non-hydrogen) atoms. The Morgan fingerprint density at radius 2 is 1.88 bits per heavy atom. The number of halogens is 1. The van der Waals surface area contributed by atoms with Crippen LogP contribution in [-0.4, -0.2) is 54.7 Å². The number of hydrogen-bond donors (Lipinski definition) is 0. The highest BCUT2D eigenvalue weighted by molar-refractivity contribution is 7.89. The molecule has 0 N–H and O–H groups in total. The molecule has 0 aliphatic carbocycles. The van der Waals surface area contributed by atoms with Gasteiger partial charge >= 0.3 is 0 Å². The van der Waals surface area contributed by atoms with Crippen LogP contribution in [0.5, 0.6) is 0 Å². The maximum atomic E-state index is 13.3. The topological polar surface area (TPSA) is 70.6 Å². The quantitative estimate of drug-likeness (QED) is 0.795. The fourth-order valence-corrected chi connectivity index (χ4v) is 4.36. The minimum Gasteiger partial charge on any atom is -0.340 e. The molecule has 3 rings (SSSR count). The molecule has 2 aromatic rings. The van der Waals surface area contributed by atoms with Gasteiger partial charge in [-0.1, -0.05) is 12.1 Å². The molecule has 1 aliphatic heterocycles. The summed E-state index contributed by atoms with van der Waals surface area (Å²) < 4.78 is 39.8. The maximum absolute atomic E-state index is 13.3. The summed E-state index contributed by atoms with van der Waals surface area (Å²) in [6.45, 7) is 1.08. The minimum atomic E-state index is -3.74. The SMILES string of the molecule is O=C(CCc1cccnc1)N1CCN(S(=O)(=O)c2cccc(F)c2)CC1. The zero-order valence-corrected chi connectivity index (χ0v) is 15.0. The summed E-state index contributed by atoms with van der Waals surface area (Å²) in [5, 5.41) is 0. The lowest BCUT2D eigenvalue weighted by Gasteiger charge is -2.34. The molecule has 0 atom stereocenters. The molecule has 0 bridgehead atoms. The normalized spacial score (nSPS) is 15.8. The molecule has 138 valence electrons. The lowest BCUT2D eigenvalue weighted by molar-refractivity contribution is -0.132. The van der Waals surface area contributed by atoms with Crippen LogP contribution in [0, 0.1) is 5.82 Å². The molecule has 8 heteroatoms. The Morgan fingerprint density at radius 3 is 2.54 bits per heavy atom. The van der Waals surface area contributed by atoms with E-state index in [2.05, 4.69) is 4.98 Å². The number of carbonyl (C=O) groups is 1. The van der Waals surface area contributed by atoms with Gasteiger partial charge in [-0.3, -0.25) is 9.78 Å². The van der Waals surface area contributed by atoms with Gasteiger partial charge in [0.05, 0.1) is 4.90 Å². The van der Waals surface area contributed by atoms with Crippen molar-refractivity contribution in [2.45, 2.75) is 17.7 Å². The van der Waals surface area contributed by atoms with Crippen LogP contribution in [0.3, 0.4) is 0 Å². The molecule has 1 amide bonds. The van der Waals surface area contributed by atoms with Crippen LogP contribution in [0.4, 0.5) is 4.39 Å². The molecule has 1 aromatic carbocycles. The largest absolute Gasteiger partial charge is 0.340 e. The van der Waals surface area contributed by atoms with Gasteiger partial charge in [-0.2, -0.15) is 4.31 Å². The molecule has 0 spiro atoms. The smallest absolute Gasteiger partial charge is 0.243 e. The summed E-state index contributed by atoms with van der Waals surface area (Å²) in [5.41, 5.74) is 0.994. The van der Waals surface area contributed by atoms with Crippen LogP contribution < -0.4 is 0 Å². The molecule has 1 saturated heterocycles. The highest BCUT2D eigenvalue weighted by atomic mass is 32.2. The molecule has 1 aliphatic rings. The molecular weight excluding hydrogens is 357 g/mol. The lowest BCUT2D eigenvalue weighted by atomic mass is 10.1. The molecule has 1 fully saturated rings. The first-order valence-electron chi connectivity index (χ1n) is 8.39. The first-order chi connectivity index (χ1) is 12.5. The summed E-state index contributed by atoms with van der Waals surface area (Å²) in [6.07, 6.45) is 4.39. The van der Waals surface area contributed by atoms with E-state index in [-0.39, 0.29) is 23.9 Å². The Hall–Kier alpha value is -2.32. The third kappa shape index (κ3) is 4.25. The molecule has 0 radical (unpaired) electrons. The van der Waals surface area contributed by atoms with E-state index in [0.29, 0.717) is 25.9 Å². The second kappa shape index (κ2) is 7.92. The van der Waals surface area contributed by atoms with E-state index in [4.69, 9.17) is 0 Å². The predicted molar refractivity (Wildman–Crippen MR) is 94.3 cm³/mol. The van der Waals surface area contributed by atoms with Crippen molar-refractivity contribution in [3.05, 3.63) is 60.2 Å². The Bertz CT molecular complexity index is 866. The van der Waals surface area contributed by atoms with Crippen molar-refractivity contribution in [1.29, 1.82) is 0 Å². The average Bonchev–Trinajstić information content (AvgIpc) is 2.67. The Balaban J connectivity index is 1.56. The van der Waals surface area contributed by atoms with Gasteiger partial charge in [-0.25, -0.2) is 12.8 Å². The number of pyridine rings is 1. The number of aryl methyl sites for hydroxylation is 1. The molecule has 0 saturated carbocycles. The molecule has 1 aromatic heterocycles. The summed E-state index contributed by atoms with van der Waals surface area (Å²) in [4.78, 5) is 18.0. The van der Waals surface area contributed by atoms with Crippen LogP contribution in [0.2, 0.25) is 0 Å². The van der Waals surface area contributed by atoms with Gasteiger partial charge < -0.3 is 4.90 Å². The van der Waals surface area contributed by atoms with Crippen molar-refractivity contribution in [2.24, 2.45) is 0 Å². The van der Waals surface area contributed by atoms with Gasteiger partial charge in [-0.15, -0.1) is 0 Å². The number of hydrogen-bond acceptors (Lipinski definition) is 4. The molecule has 6 nitrogen and oxygen atoms in total. The van der Waals surface area contributed by atoms with Gasteiger partial charge in [0.2, 0.25) is 15.9 Å². The average molecular weight is 377 g/mol. The fourth-order valence-electron chi connectivity index (χ4n) is 2.91. The van der Waals surface area contributed by atoms with E-state index in [9.17, 15) is 17.6 Å². The number of benzene rings is 1. The molecular formula is C18H20FN3O3S. The Labute approximate surface area is 152 Å². The van der Waals surface area contributed by atoms with E-state index >= 15 is 0 Å². The van der Waals surface area contributed by atoms with E-state index in [0.717, 1.165) is 11.6 Å². The third-order valence-electron chi connectivity index (χ3n) is 4.38. The monoisotopic (exact) mass is 377 g/mol. The van der Waals surface area contributed by atoms with Crippen LogP contribution >= 0.6 is 0 Å². The number of rotatable bonds is 5. The first-order valence-corrected chi connectivity index (χ1v) is 9.83. The van der Waals surface area contributed by atoms with Gasteiger partial charge in [0.1, 0.15) is 5.82 Å². The van der Waals surface area contributed by atoms with Crippen molar-refractivity contribution in [3.8, 4) is 0 Å². The van der Waals surface area contributed by atoms with Crippen molar-refractivity contribution < 1.29 is 17.6 Å². The number of piperazine rings is 1. The summed E-state index contributed by atoms with van der Waals surface area (Å²) in [6, 6.07) is 8.72. The van der Waals surface area contributed by atoms with Crippen LogP contribution in [0.25, 0.3) is 0 Å². The number of carbonyl (C=O) groups excluding carboxylic acids is 1. The van der Waals surface area contributed by atoms with Crippen LogP contribution in [0.15, 0.2) is 53.7 Å². The van der Waals surface area contributed by atoms with Crippen molar-refractivity contribution in [2.75, 3.05) is 26.2 Å². The number of nitrogens with zero attached hydrogens (tertiary/aromatic N) is 3. The van der Waals surface area contributed by atoms with Crippen molar-refractivity contribution >= 4 is 15.9 Å². The van der Waals surface area contributed by atoms with E-state index < -0.39 is 15.8 Å². The Morgan fingerprint density at radius 1 is 1.12 bits per heavy atom. The number of amides is 1. The third-order valence-corrected chi connectivity index (χ3v) is 6.27.